The molecule has 1 fully saturated rings. The Morgan fingerprint density at radius 1 is 1.13 bits per heavy atom. The van der Waals surface area contributed by atoms with Gasteiger partial charge in [0.2, 0.25) is 0 Å². The van der Waals surface area contributed by atoms with Crippen LogP contribution in [0, 0.1) is 5.82 Å². The molecule has 7 nitrogen and oxygen atoms in total. The van der Waals surface area contributed by atoms with Gasteiger partial charge in [-0.3, -0.25) is 9.69 Å². The molecule has 0 aromatic heterocycles. The van der Waals surface area contributed by atoms with Crippen molar-refractivity contribution < 1.29 is 23.5 Å². The highest BCUT2D eigenvalue weighted by Crippen LogP contribution is 2.20. The first kappa shape index (κ1) is 22.8. The topological polar surface area (TPSA) is 85.1 Å². The van der Waals surface area contributed by atoms with E-state index in [1.54, 1.807) is 41.3 Å². The lowest BCUT2D eigenvalue weighted by molar-refractivity contribution is -0.140. The van der Waals surface area contributed by atoms with Crippen molar-refractivity contribution in [2.24, 2.45) is 5.73 Å². The Morgan fingerprint density at radius 2 is 1.81 bits per heavy atom. The largest absolute Gasteiger partial charge is 0.484 e. The Kier molecular flexibility index (Phi) is 7.70. The number of ether oxygens (including phenoxy) is 2. The van der Waals surface area contributed by atoms with Crippen molar-refractivity contribution in [3.63, 3.8) is 0 Å². The molecule has 2 atom stereocenters. The summed E-state index contributed by atoms with van der Waals surface area (Å²) in [7, 11) is 0. The van der Waals surface area contributed by atoms with Crippen LogP contribution < -0.4 is 10.5 Å². The number of hydrogen-bond donors (Lipinski definition) is 1. The van der Waals surface area contributed by atoms with Crippen LogP contribution in [0.4, 0.5) is 9.18 Å². The summed E-state index contributed by atoms with van der Waals surface area (Å²) in [6.45, 7) is 3.30. The fourth-order valence-corrected chi connectivity index (χ4v) is 3.70. The summed E-state index contributed by atoms with van der Waals surface area (Å²) in [4.78, 5) is 27.8. The van der Waals surface area contributed by atoms with Gasteiger partial charge in [0, 0.05) is 30.7 Å². The molecule has 2 amide bonds. The minimum atomic E-state index is -0.871. The minimum absolute atomic E-state index is 0.0467. The third-order valence-electron chi connectivity index (χ3n) is 5.17. The van der Waals surface area contributed by atoms with E-state index < -0.39 is 6.09 Å². The van der Waals surface area contributed by atoms with Gasteiger partial charge in [-0.1, -0.05) is 23.7 Å². The van der Waals surface area contributed by atoms with Crippen LogP contribution in [-0.2, 0) is 16.1 Å². The Hall–Kier alpha value is -2.84. The molecule has 2 aromatic carbocycles. The Bertz CT molecular complexity index is 895. The molecule has 1 aliphatic rings. The predicted molar refractivity (Wildman–Crippen MR) is 114 cm³/mol. The van der Waals surface area contributed by atoms with Gasteiger partial charge >= 0.3 is 6.09 Å². The van der Waals surface area contributed by atoms with Crippen molar-refractivity contribution in [3.05, 3.63) is 64.9 Å². The average molecular weight is 450 g/mol. The summed E-state index contributed by atoms with van der Waals surface area (Å²) in [6, 6.07) is 12.7. The maximum atomic E-state index is 13.2. The monoisotopic (exact) mass is 449 g/mol. The number of nitrogens with zero attached hydrogens (tertiary/aromatic N) is 2. The van der Waals surface area contributed by atoms with Gasteiger partial charge in [-0.05, 0) is 48.9 Å². The van der Waals surface area contributed by atoms with E-state index in [4.69, 9.17) is 26.8 Å². The zero-order valence-corrected chi connectivity index (χ0v) is 17.9. The van der Waals surface area contributed by atoms with E-state index in [0.29, 0.717) is 30.4 Å². The van der Waals surface area contributed by atoms with E-state index in [-0.39, 0.29) is 37.0 Å². The van der Waals surface area contributed by atoms with E-state index in [9.17, 15) is 14.0 Å². The molecule has 166 valence electrons. The first-order chi connectivity index (χ1) is 14.8. The van der Waals surface area contributed by atoms with Gasteiger partial charge in [-0.25, -0.2) is 9.18 Å². The SMILES string of the molecule is CC1CN(Cc2ccc(F)cc2)C(COC(N)=O)CN1C(=O)COc1ccc(Cl)cc1. The number of rotatable bonds is 7. The zero-order chi connectivity index (χ0) is 22.4. The van der Waals surface area contributed by atoms with Gasteiger partial charge in [-0.2, -0.15) is 0 Å². The van der Waals surface area contributed by atoms with Crippen molar-refractivity contribution in [3.8, 4) is 5.75 Å². The highest BCUT2D eigenvalue weighted by Gasteiger charge is 2.35. The second-order valence-electron chi connectivity index (χ2n) is 7.48. The van der Waals surface area contributed by atoms with Crippen LogP contribution in [-0.4, -0.2) is 60.2 Å². The molecule has 1 aliphatic heterocycles. The fraction of sp³-hybridized carbons (Fsp3) is 0.364. The maximum Gasteiger partial charge on any atom is 0.404 e. The zero-order valence-electron chi connectivity index (χ0n) is 17.2. The maximum absolute atomic E-state index is 13.2. The summed E-state index contributed by atoms with van der Waals surface area (Å²) in [6.07, 6.45) is -0.871. The Labute approximate surface area is 185 Å². The molecular formula is C22H25ClFN3O4. The van der Waals surface area contributed by atoms with Crippen LogP contribution in [0.5, 0.6) is 5.75 Å². The molecule has 0 radical (unpaired) electrons. The predicted octanol–water partition coefficient (Wildman–Crippen LogP) is 3.05. The molecule has 2 N–H and O–H groups in total. The van der Waals surface area contributed by atoms with Crippen LogP contribution >= 0.6 is 11.6 Å². The van der Waals surface area contributed by atoms with Crippen LogP contribution in [0.1, 0.15) is 12.5 Å². The van der Waals surface area contributed by atoms with Crippen LogP contribution in [0.3, 0.4) is 0 Å². The number of piperazine rings is 1. The highest BCUT2D eigenvalue weighted by atomic mass is 35.5. The first-order valence-electron chi connectivity index (χ1n) is 9.90. The Balaban J connectivity index is 1.65. The van der Waals surface area contributed by atoms with Crippen molar-refractivity contribution in [2.75, 3.05) is 26.3 Å². The van der Waals surface area contributed by atoms with Gasteiger partial charge in [-0.15, -0.1) is 0 Å². The number of amides is 2. The average Bonchev–Trinajstić information content (AvgIpc) is 2.74. The Morgan fingerprint density at radius 3 is 2.45 bits per heavy atom. The number of carbonyl (C=O) groups is 2. The van der Waals surface area contributed by atoms with Gasteiger partial charge < -0.3 is 20.1 Å². The second kappa shape index (κ2) is 10.5. The summed E-state index contributed by atoms with van der Waals surface area (Å²) < 4.78 is 23.8. The van der Waals surface area contributed by atoms with Crippen molar-refractivity contribution in [1.82, 2.24) is 9.80 Å². The lowest BCUT2D eigenvalue weighted by Crippen LogP contribution is -2.60. The smallest absolute Gasteiger partial charge is 0.404 e. The van der Waals surface area contributed by atoms with Gasteiger partial charge in [0.15, 0.2) is 6.61 Å². The van der Waals surface area contributed by atoms with Gasteiger partial charge in [0.25, 0.3) is 5.91 Å². The molecule has 31 heavy (non-hydrogen) atoms. The number of primary amides is 1. The van der Waals surface area contributed by atoms with Crippen LogP contribution in [0.15, 0.2) is 48.5 Å². The molecule has 0 bridgehead atoms. The molecule has 1 saturated heterocycles. The summed E-state index contributed by atoms with van der Waals surface area (Å²) >= 11 is 5.86. The number of carbonyl (C=O) groups excluding carboxylic acids is 2. The number of nitrogens with two attached hydrogens (primary N) is 1. The van der Waals surface area contributed by atoms with Crippen molar-refractivity contribution >= 4 is 23.6 Å². The molecule has 0 aliphatic carbocycles. The quantitative estimate of drug-likeness (QED) is 0.702. The molecule has 2 unspecified atom stereocenters. The first-order valence-corrected chi connectivity index (χ1v) is 10.3. The molecule has 1 heterocycles. The molecule has 0 spiro atoms. The minimum Gasteiger partial charge on any atom is -0.484 e. The fourth-order valence-electron chi connectivity index (χ4n) is 3.57. The normalized spacial score (nSPS) is 19.1. The highest BCUT2D eigenvalue weighted by molar-refractivity contribution is 6.30. The number of halogens is 2. The summed E-state index contributed by atoms with van der Waals surface area (Å²) in [5.74, 6) is 0.0729. The molecule has 3 rings (SSSR count). The van der Waals surface area contributed by atoms with Crippen molar-refractivity contribution in [2.45, 2.75) is 25.6 Å². The van der Waals surface area contributed by atoms with E-state index in [2.05, 4.69) is 4.90 Å². The number of benzene rings is 2. The third-order valence-corrected chi connectivity index (χ3v) is 5.42. The van der Waals surface area contributed by atoms with E-state index in [0.717, 1.165) is 5.56 Å². The van der Waals surface area contributed by atoms with Crippen LogP contribution in [0.25, 0.3) is 0 Å². The molecule has 9 heteroatoms. The van der Waals surface area contributed by atoms with E-state index >= 15 is 0 Å². The second-order valence-corrected chi connectivity index (χ2v) is 7.91. The lowest BCUT2D eigenvalue weighted by Gasteiger charge is -2.45. The lowest BCUT2D eigenvalue weighted by atomic mass is 10.1. The van der Waals surface area contributed by atoms with Gasteiger partial charge in [0.1, 0.15) is 18.2 Å². The van der Waals surface area contributed by atoms with Crippen molar-refractivity contribution in [1.29, 1.82) is 0 Å². The molecule has 2 aromatic rings. The van der Waals surface area contributed by atoms with Crippen LogP contribution in [0.2, 0.25) is 5.02 Å². The third kappa shape index (κ3) is 6.57. The van der Waals surface area contributed by atoms with E-state index in [1.165, 1.54) is 12.1 Å². The standard InChI is InChI=1S/C22H25ClFN3O4/c1-15-10-26(11-16-2-6-18(24)7-3-16)19(13-31-22(25)29)12-27(15)21(28)14-30-20-8-4-17(23)5-9-20/h2-9,15,19H,10-14H2,1H3,(H2,25,29). The molecule has 0 saturated carbocycles. The van der Waals surface area contributed by atoms with Gasteiger partial charge in [0.05, 0.1) is 6.04 Å². The molecular weight excluding hydrogens is 425 g/mol. The number of hydrogen-bond acceptors (Lipinski definition) is 5. The summed E-state index contributed by atoms with van der Waals surface area (Å²) in [5.41, 5.74) is 6.06. The summed E-state index contributed by atoms with van der Waals surface area (Å²) in [5, 5.41) is 0.585. The van der Waals surface area contributed by atoms with E-state index in [1.807, 2.05) is 6.92 Å².